The zero-order chi connectivity index (χ0) is 22.9. The zero-order valence-electron chi connectivity index (χ0n) is 16.7. The van der Waals surface area contributed by atoms with Crippen molar-refractivity contribution < 1.29 is 27.9 Å². The maximum absolute atomic E-state index is 12.9. The van der Waals surface area contributed by atoms with Gasteiger partial charge in [0.05, 0.1) is 16.8 Å². The van der Waals surface area contributed by atoms with Crippen molar-refractivity contribution >= 4 is 23.3 Å². The summed E-state index contributed by atoms with van der Waals surface area (Å²) >= 11 is 0. The molecular formula is C21H25F3N4O3. The van der Waals surface area contributed by atoms with Gasteiger partial charge in [-0.2, -0.15) is 13.2 Å². The fourth-order valence-corrected chi connectivity index (χ4v) is 2.89. The van der Waals surface area contributed by atoms with Gasteiger partial charge in [-0.05, 0) is 43.2 Å². The van der Waals surface area contributed by atoms with Crippen molar-refractivity contribution in [3.8, 4) is 0 Å². The van der Waals surface area contributed by atoms with Crippen molar-refractivity contribution in [1.82, 2.24) is 10.6 Å². The third-order valence-electron chi connectivity index (χ3n) is 4.43. The number of nitrogens with one attached hydrogen (secondary N) is 3. The van der Waals surface area contributed by atoms with Crippen LogP contribution in [0, 0.1) is 0 Å². The van der Waals surface area contributed by atoms with Gasteiger partial charge in [0, 0.05) is 25.3 Å². The van der Waals surface area contributed by atoms with E-state index in [0.29, 0.717) is 31.6 Å². The van der Waals surface area contributed by atoms with Gasteiger partial charge in [0.25, 0.3) is 5.91 Å². The topological polar surface area (TPSA) is 116 Å². The summed E-state index contributed by atoms with van der Waals surface area (Å²) in [5, 5.41) is 17.5. The number of aliphatic carboxylic acids is 1. The number of hydrogen-bond donors (Lipinski definition) is 5. The lowest BCUT2D eigenvalue weighted by Gasteiger charge is -2.15. The average Bonchev–Trinajstić information content (AvgIpc) is 2.72. The first-order chi connectivity index (χ1) is 14.7. The normalized spacial score (nSPS) is 12.3. The molecule has 1 atom stereocenters. The second-order valence-electron chi connectivity index (χ2n) is 6.78. The van der Waals surface area contributed by atoms with Crippen molar-refractivity contribution in [3.05, 3.63) is 59.7 Å². The lowest BCUT2D eigenvalue weighted by atomic mass is 10.1. The summed E-state index contributed by atoms with van der Waals surface area (Å²) in [6.07, 6.45) is -3.75. The van der Waals surface area contributed by atoms with E-state index in [0.717, 1.165) is 12.1 Å². The van der Waals surface area contributed by atoms with Gasteiger partial charge in [-0.1, -0.05) is 18.2 Å². The van der Waals surface area contributed by atoms with Crippen LogP contribution in [0.2, 0.25) is 0 Å². The monoisotopic (exact) mass is 438 g/mol. The third kappa shape index (κ3) is 7.58. The van der Waals surface area contributed by atoms with Gasteiger partial charge in [-0.15, -0.1) is 0 Å². The van der Waals surface area contributed by atoms with Crippen molar-refractivity contribution in [1.29, 1.82) is 0 Å². The maximum atomic E-state index is 12.9. The molecule has 2 aromatic carbocycles. The van der Waals surface area contributed by atoms with Crippen LogP contribution < -0.4 is 21.7 Å². The Morgan fingerprint density at radius 1 is 1.06 bits per heavy atom. The molecule has 0 aliphatic carbocycles. The molecule has 0 saturated carbocycles. The Labute approximate surface area is 177 Å². The van der Waals surface area contributed by atoms with Crippen LogP contribution in [0.3, 0.4) is 0 Å². The molecule has 0 fully saturated rings. The fourth-order valence-electron chi connectivity index (χ4n) is 2.89. The summed E-state index contributed by atoms with van der Waals surface area (Å²) in [6, 6.07) is 10.4. The highest BCUT2D eigenvalue weighted by atomic mass is 19.4. The minimum atomic E-state index is -4.47. The second kappa shape index (κ2) is 11.3. The predicted octanol–water partition coefficient (Wildman–Crippen LogP) is 2.96. The van der Waals surface area contributed by atoms with E-state index in [4.69, 9.17) is 10.8 Å². The Kier molecular flexibility index (Phi) is 8.83. The summed E-state index contributed by atoms with van der Waals surface area (Å²) in [6.45, 7) is 0.929. The molecule has 0 spiro atoms. The van der Waals surface area contributed by atoms with E-state index in [2.05, 4.69) is 16.0 Å². The van der Waals surface area contributed by atoms with Gasteiger partial charge in [0.1, 0.15) is 6.04 Å². The molecule has 6 N–H and O–H groups in total. The number of para-hydroxylation sites is 1. The van der Waals surface area contributed by atoms with Gasteiger partial charge in [0.2, 0.25) is 0 Å². The lowest BCUT2D eigenvalue weighted by Crippen LogP contribution is -2.40. The van der Waals surface area contributed by atoms with Crippen molar-refractivity contribution in [3.63, 3.8) is 0 Å². The number of carboxylic acids is 1. The Bertz CT molecular complexity index is 890. The molecule has 168 valence electrons. The molecule has 0 saturated heterocycles. The van der Waals surface area contributed by atoms with Crippen LogP contribution in [0.5, 0.6) is 0 Å². The van der Waals surface area contributed by atoms with Crippen molar-refractivity contribution in [2.75, 3.05) is 25.0 Å². The van der Waals surface area contributed by atoms with Crippen LogP contribution in [0.1, 0.15) is 28.8 Å². The largest absolute Gasteiger partial charge is 0.480 e. The highest BCUT2D eigenvalue weighted by Gasteiger charge is 2.30. The smallest absolute Gasteiger partial charge is 0.416 e. The Hall–Kier alpha value is -3.11. The first kappa shape index (κ1) is 24.2. The standard InChI is InChI=1S/C21H25F3N4O3/c22-21(23,24)14-5-3-6-15(13-14)28-17-8-2-1-7-16(17)19(29)27-11-4-9-18(20(30)31)26-12-10-25/h1-3,5-8,13,18,26,28H,4,9-12,25H2,(H,27,29)(H,30,31). The van der Waals surface area contributed by atoms with Crippen LogP contribution in [-0.2, 0) is 11.0 Å². The molecule has 0 aliphatic heterocycles. The molecule has 31 heavy (non-hydrogen) atoms. The number of anilines is 2. The fraction of sp³-hybridized carbons (Fsp3) is 0.333. The molecule has 0 heterocycles. The van der Waals surface area contributed by atoms with E-state index in [1.165, 1.54) is 12.1 Å². The van der Waals surface area contributed by atoms with Crippen LogP contribution in [0.25, 0.3) is 0 Å². The summed E-state index contributed by atoms with van der Waals surface area (Å²) < 4.78 is 38.8. The summed E-state index contributed by atoms with van der Waals surface area (Å²) in [7, 11) is 0. The summed E-state index contributed by atoms with van der Waals surface area (Å²) in [4.78, 5) is 23.7. The van der Waals surface area contributed by atoms with Gasteiger partial charge < -0.3 is 26.8 Å². The minimum Gasteiger partial charge on any atom is -0.480 e. The van der Waals surface area contributed by atoms with E-state index < -0.39 is 29.7 Å². The minimum absolute atomic E-state index is 0.199. The first-order valence-electron chi connectivity index (χ1n) is 9.70. The van der Waals surface area contributed by atoms with Gasteiger partial charge >= 0.3 is 12.1 Å². The molecule has 2 aromatic rings. The number of nitrogens with two attached hydrogens (primary N) is 1. The molecule has 7 nitrogen and oxygen atoms in total. The van der Waals surface area contributed by atoms with Crippen LogP contribution >= 0.6 is 0 Å². The Morgan fingerprint density at radius 3 is 2.48 bits per heavy atom. The SMILES string of the molecule is NCCNC(CCCNC(=O)c1ccccc1Nc1cccc(C(F)(F)F)c1)C(=O)O. The summed E-state index contributed by atoms with van der Waals surface area (Å²) in [5.41, 5.74) is 5.38. The zero-order valence-corrected chi connectivity index (χ0v) is 16.7. The van der Waals surface area contributed by atoms with Crippen LogP contribution in [0.15, 0.2) is 48.5 Å². The molecule has 2 rings (SSSR count). The third-order valence-corrected chi connectivity index (χ3v) is 4.43. The first-order valence-corrected chi connectivity index (χ1v) is 9.70. The van der Waals surface area contributed by atoms with E-state index >= 15 is 0 Å². The van der Waals surface area contributed by atoms with E-state index in [-0.39, 0.29) is 17.8 Å². The second-order valence-corrected chi connectivity index (χ2v) is 6.78. The molecule has 0 aliphatic rings. The highest BCUT2D eigenvalue weighted by Crippen LogP contribution is 2.31. The molecular weight excluding hydrogens is 413 g/mol. The van der Waals surface area contributed by atoms with Crippen LogP contribution in [0.4, 0.5) is 24.5 Å². The van der Waals surface area contributed by atoms with Crippen molar-refractivity contribution in [2.24, 2.45) is 5.73 Å². The van der Waals surface area contributed by atoms with Crippen molar-refractivity contribution in [2.45, 2.75) is 25.1 Å². The molecule has 10 heteroatoms. The quantitative estimate of drug-likeness (QED) is 0.345. The molecule has 0 bridgehead atoms. The molecule has 0 radical (unpaired) electrons. The highest BCUT2D eigenvalue weighted by molar-refractivity contribution is 6.00. The van der Waals surface area contributed by atoms with Gasteiger partial charge in [-0.25, -0.2) is 0 Å². The van der Waals surface area contributed by atoms with Crippen LogP contribution in [-0.4, -0.2) is 42.7 Å². The summed E-state index contributed by atoms with van der Waals surface area (Å²) in [5.74, 6) is -1.41. The van der Waals surface area contributed by atoms with E-state index in [9.17, 15) is 22.8 Å². The van der Waals surface area contributed by atoms with Gasteiger partial charge in [-0.3, -0.25) is 9.59 Å². The molecule has 0 aromatic heterocycles. The molecule has 1 amide bonds. The number of carbonyl (C=O) groups excluding carboxylic acids is 1. The Balaban J connectivity index is 1.98. The van der Waals surface area contributed by atoms with E-state index in [1.807, 2.05) is 0 Å². The molecule has 1 unspecified atom stereocenters. The number of carbonyl (C=O) groups is 2. The maximum Gasteiger partial charge on any atom is 0.416 e. The number of benzene rings is 2. The number of alkyl halides is 3. The lowest BCUT2D eigenvalue weighted by molar-refractivity contribution is -0.140. The number of halogens is 3. The van der Waals surface area contributed by atoms with Gasteiger partial charge in [0.15, 0.2) is 0 Å². The van der Waals surface area contributed by atoms with E-state index in [1.54, 1.807) is 24.3 Å². The number of carboxylic acid groups (broad SMARTS) is 1. The predicted molar refractivity (Wildman–Crippen MR) is 111 cm³/mol. The Morgan fingerprint density at radius 2 is 1.81 bits per heavy atom. The number of hydrogen-bond acceptors (Lipinski definition) is 5. The number of amides is 1. The number of rotatable bonds is 11. The average molecular weight is 438 g/mol.